The molecule has 0 atom stereocenters. The topological polar surface area (TPSA) is 20.2 Å². The molecular formula is C11H19FO. The predicted octanol–water partition coefficient (Wildman–Crippen LogP) is 2.35. The van der Waals surface area contributed by atoms with Crippen molar-refractivity contribution in [1.82, 2.24) is 0 Å². The molecule has 0 amide bonds. The summed E-state index contributed by atoms with van der Waals surface area (Å²) in [5, 5.41) is 9.43. The first-order chi connectivity index (χ1) is 5.80. The van der Waals surface area contributed by atoms with Crippen LogP contribution in [0.1, 0.15) is 38.5 Å². The van der Waals surface area contributed by atoms with Crippen LogP contribution in [0.4, 0.5) is 4.70 Å². The molecule has 0 radical (unpaired) electrons. The van der Waals surface area contributed by atoms with Crippen molar-refractivity contribution in [3.8, 4) is 0 Å². The van der Waals surface area contributed by atoms with E-state index in [4.69, 9.17) is 0 Å². The Bertz CT molecular complexity index is 167. The zero-order chi connectivity index (χ0) is 8.18. The van der Waals surface area contributed by atoms with Crippen molar-refractivity contribution in [2.45, 2.75) is 38.5 Å². The van der Waals surface area contributed by atoms with Crippen molar-refractivity contribution in [3.05, 3.63) is 0 Å². The van der Waals surface area contributed by atoms with E-state index in [0.29, 0.717) is 12.0 Å². The van der Waals surface area contributed by atoms with E-state index in [9.17, 15) is 5.11 Å². The van der Waals surface area contributed by atoms with Crippen molar-refractivity contribution in [3.63, 3.8) is 0 Å². The Morgan fingerprint density at radius 3 is 1.62 bits per heavy atom. The molecule has 2 heteroatoms. The second kappa shape index (κ2) is 2.94. The van der Waals surface area contributed by atoms with E-state index in [0.717, 1.165) is 17.8 Å². The number of hydrogen-bond donors (Lipinski definition) is 1. The Morgan fingerprint density at radius 2 is 1.31 bits per heavy atom. The highest BCUT2D eigenvalue weighted by atomic mass is 19.0. The highest BCUT2D eigenvalue weighted by molar-refractivity contribution is 5.00. The molecule has 4 fully saturated rings. The summed E-state index contributed by atoms with van der Waals surface area (Å²) < 4.78 is 0. The molecule has 0 saturated heterocycles. The lowest BCUT2D eigenvalue weighted by molar-refractivity contribution is -0.0798. The molecule has 0 spiro atoms. The fourth-order valence-electron chi connectivity index (χ4n) is 4.48. The van der Waals surface area contributed by atoms with E-state index >= 15 is 0 Å². The minimum Gasteiger partial charge on any atom is -0.396 e. The van der Waals surface area contributed by atoms with Gasteiger partial charge in [0.25, 0.3) is 0 Å². The molecule has 4 aliphatic rings. The maximum atomic E-state index is 9.43. The van der Waals surface area contributed by atoms with Crippen LogP contribution < -0.4 is 0 Å². The van der Waals surface area contributed by atoms with Gasteiger partial charge in [-0.05, 0) is 61.7 Å². The van der Waals surface area contributed by atoms with E-state index in [1.165, 1.54) is 38.5 Å². The van der Waals surface area contributed by atoms with Crippen LogP contribution in [0.25, 0.3) is 0 Å². The van der Waals surface area contributed by atoms with Gasteiger partial charge in [0.15, 0.2) is 0 Å². The fourth-order valence-corrected chi connectivity index (χ4v) is 4.48. The average molecular weight is 186 g/mol. The molecule has 13 heavy (non-hydrogen) atoms. The van der Waals surface area contributed by atoms with E-state index in [2.05, 4.69) is 0 Å². The van der Waals surface area contributed by atoms with Crippen LogP contribution in [0.5, 0.6) is 0 Å². The van der Waals surface area contributed by atoms with Crippen molar-refractivity contribution in [1.29, 1.82) is 0 Å². The van der Waals surface area contributed by atoms with Crippen LogP contribution in [0.2, 0.25) is 0 Å². The van der Waals surface area contributed by atoms with Gasteiger partial charge in [0.2, 0.25) is 0 Å². The second-order valence-corrected chi connectivity index (χ2v) is 5.58. The second-order valence-electron chi connectivity index (χ2n) is 5.58. The van der Waals surface area contributed by atoms with Gasteiger partial charge in [-0.15, -0.1) is 0 Å². The third-order valence-corrected chi connectivity index (χ3v) is 4.50. The van der Waals surface area contributed by atoms with E-state index in [1.807, 2.05) is 0 Å². The lowest BCUT2D eigenvalue weighted by Crippen LogP contribution is -2.47. The zero-order valence-electron chi connectivity index (χ0n) is 8.04. The summed E-state index contributed by atoms with van der Waals surface area (Å²) in [4.78, 5) is 0. The molecule has 1 nitrogen and oxygen atoms in total. The Morgan fingerprint density at radius 1 is 0.923 bits per heavy atom. The number of aliphatic hydroxyl groups is 1. The first-order valence-electron chi connectivity index (χ1n) is 5.40. The number of halogens is 1. The van der Waals surface area contributed by atoms with Crippen molar-refractivity contribution >= 4 is 0 Å². The third kappa shape index (κ3) is 1.30. The van der Waals surface area contributed by atoms with Crippen LogP contribution >= 0.6 is 0 Å². The minimum atomic E-state index is 0. The van der Waals surface area contributed by atoms with E-state index < -0.39 is 0 Å². The zero-order valence-corrected chi connectivity index (χ0v) is 8.04. The van der Waals surface area contributed by atoms with Gasteiger partial charge in [-0.25, -0.2) is 0 Å². The van der Waals surface area contributed by atoms with Gasteiger partial charge in [0, 0.05) is 6.61 Å². The maximum Gasteiger partial charge on any atom is 0.0487 e. The molecule has 1 N–H and O–H groups in total. The first-order valence-corrected chi connectivity index (χ1v) is 5.40. The maximum absolute atomic E-state index is 9.43. The van der Waals surface area contributed by atoms with Gasteiger partial charge < -0.3 is 5.11 Å². The molecule has 0 aliphatic heterocycles. The largest absolute Gasteiger partial charge is 0.396 e. The lowest BCUT2D eigenvalue weighted by Gasteiger charge is -2.56. The molecule has 4 saturated carbocycles. The van der Waals surface area contributed by atoms with Crippen molar-refractivity contribution in [2.75, 3.05) is 6.61 Å². The smallest absolute Gasteiger partial charge is 0.0487 e. The van der Waals surface area contributed by atoms with Gasteiger partial charge in [-0.1, -0.05) is 0 Å². The molecule has 0 aromatic heterocycles. The molecule has 4 rings (SSSR count). The molecule has 76 valence electrons. The highest BCUT2D eigenvalue weighted by Gasteiger charge is 2.50. The summed E-state index contributed by atoms with van der Waals surface area (Å²) in [5.41, 5.74) is 0.398. The van der Waals surface area contributed by atoms with E-state index in [-0.39, 0.29) is 4.70 Å². The summed E-state index contributed by atoms with van der Waals surface area (Å²) in [7, 11) is 0. The molecule has 4 aliphatic carbocycles. The predicted molar refractivity (Wildman–Crippen MR) is 50.2 cm³/mol. The standard InChI is InChI=1S/C11H18O.FH/c12-7-11-4-8-1-9(5-11)3-10(2-8)6-11;/h8-10,12H,1-7H2;1H. The molecule has 0 unspecified atom stereocenters. The SMILES string of the molecule is F.OCC12CC3CC(CC(C3)C1)C2. The molecular weight excluding hydrogens is 167 g/mol. The quantitative estimate of drug-likeness (QED) is 0.666. The monoisotopic (exact) mass is 186 g/mol. The Labute approximate surface area is 78.9 Å². The number of rotatable bonds is 1. The van der Waals surface area contributed by atoms with Crippen LogP contribution in [0.3, 0.4) is 0 Å². The van der Waals surface area contributed by atoms with Gasteiger partial charge in [-0.2, -0.15) is 0 Å². The molecule has 0 heterocycles. The lowest BCUT2D eigenvalue weighted by atomic mass is 9.50. The van der Waals surface area contributed by atoms with Crippen molar-refractivity contribution < 1.29 is 9.81 Å². The van der Waals surface area contributed by atoms with E-state index in [1.54, 1.807) is 0 Å². The Hall–Kier alpha value is -0.110. The van der Waals surface area contributed by atoms with Gasteiger partial charge in [0.05, 0.1) is 0 Å². The highest BCUT2D eigenvalue weighted by Crippen LogP contribution is 2.59. The Balaban J connectivity index is 0.000000653. The van der Waals surface area contributed by atoms with Crippen LogP contribution in [0.15, 0.2) is 0 Å². The Kier molecular flexibility index (Phi) is 2.14. The molecule has 0 aromatic rings. The van der Waals surface area contributed by atoms with Gasteiger partial charge in [0.1, 0.15) is 0 Å². The summed E-state index contributed by atoms with van der Waals surface area (Å²) >= 11 is 0. The number of aliphatic hydroxyl groups excluding tert-OH is 1. The van der Waals surface area contributed by atoms with Crippen LogP contribution in [0, 0.1) is 23.2 Å². The number of hydrogen-bond acceptors (Lipinski definition) is 1. The van der Waals surface area contributed by atoms with Crippen LogP contribution in [-0.2, 0) is 0 Å². The normalized spacial score (nSPS) is 51.9. The summed E-state index contributed by atoms with van der Waals surface area (Å²) in [6.45, 7) is 0.469. The molecule has 0 aromatic carbocycles. The third-order valence-electron chi connectivity index (χ3n) is 4.50. The van der Waals surface area contributed by atoms with Crippen LogP contribution in [-0.4, -0.2) is 11.7 Å². The summed E-state index contributed by atoms with van der Waals surface area (Å²) in [5.74, 6) is 2.97. The average Bonchev–Trinajstić information content (AvgIpc) is 2.02. The first kappa shape index (κ1) is 9.45. The summed E-state index contributed by atoms with van der Waals surface area (Å²) in [6, 6.07) is 0. The van der Waals surface area contributed by atoms with Crippen molar-refractivity contribution in [2.24, 2.45) is 23.2 Å². The molecule has 4 bridgehead atoms. The minimum absolute atomic E-state index is 0. The fraction of sp³-hybridized carbons (Fsp3) is 1.00. The summed E-state index contributed by atoms with van der Waals surface area (Å²) in [6.07, 6.45) is 8.48. The van der Waals surface area contributed by atoms with Gasteiger partial charge in [-0.3, -0.25) is 4.70 Å². The van der Waals surface area contributed by atoms with Gasteiger partial charge >= 0.3 is 0 Å².